The predicted octanol–water partition coefficient (Wildman–Crippen LogP) is 4.91. The second-order valence-electron chi connectivity index (χ2n) is 7.65. The Balaban J connectivity index is 1.87. The summed E-state index contributed by atoms with van der Waals surface area (Å²) in [5.74, 6) is -0.507. The molecule has 186 valence electrons. The molecule has 36 heavy (non-hydrogen) atoms. The lowest BCUT2D eigenvalue weighted by Gasteiger charge is -2.22. The molecular formula is C24H23ClN4O4PS2+. The van der Waals surface area contributed by atoms with Gasteiger partial charge in [0.1, 0.15) is 11.2 Å². The van der Waals surface area contributed by atoms with Crippen LogP contribution in [-0.4, -0.2) is 28.3 Å². The topological polar surface area (TPSA) is 140 Å². The zero-order chi connectivity index (χ0) is 26.2. The zero-order valence-corrected chi connectivity index (χ0v) is 22.3. The van der Waals surface area contributed by atoms with E-state index in [4.69, 9.17) is 21.8 Å². The molecular weight excluding hydrogens is 539 g/mol. The van der Waals surface area contributed by atoms with Gasteiger partial charge in [-0.3, -0.25) is 0 Å². The molecule has 0 bridgehead atoms. The van der Waals surface area contributed by atoms with Gasteiger partial charge in [-0.25, -0.2) is 27.0 Å². The fraction of sp³-hybridized carbons (Fsp3) is 0.167. The first-order valence-corrected chi connectivity index (χ1v) is 16.7. The summed E-state index contributed by atoms with van der Waals surface area (Å²) >= 11 is 7.11. The Morgan fingerprint density at radius 3 is 1.42 bits per heavy atom. The van der Waals surface area contributed by atoms with Crippen LogP contribution in [0.5, 0.6) is 0 Å². The van der Waals surface area contributed by atoms with E-state index in [2.05, 4.69) is 10.2 Å². The van der Waals surface area contributed by atoms with Gasteiger partial charge in [0, 0.05) is 12.8 Å². The number of benzene rings is 3. The Morgan fingerprint density at radius 1 is 0.667 bits per heavy atom. The van der Waals surface area contributed by atoms with Gasteiger partial charge in [0.25, 0.3) is 0 Å². The van der Waals surface area contributed by atoms with E-state index < -0.39 is 26.6 Å². The van der Waals surface area contributed by atoms with E-state index >= 15 is 0 Å². The van der Waals surface area contributed by atoms with Crippen molar-refractivity contribution in [2.24, 2.45) is 0 Å². The van der Waals surface area contributed by atoms with Crippen molar-refractivity contribution in [3.8, 4) is 12.1 Å². The highest BCUT2D eigenvalue weighted by Crippen LogP contribution is 2.61. The van der Waals surface area contributed by atoms with E-state index in [9.17, 15) is 16.8 Å². The third-order valence-corrected chi connectivity index (χ3v) is 11.8. The van der Waals surface area contributed by atoms with Crippen LogP contribution >= 0.6 is 18.2 Å². The first-order valence-electron chi connectivity index (χ1n) is 10.7. The Hall–Kier alpha value is -3.14. The smallest absolute Gasteiger partial charge is 0.224 e. The highest BCUT2D eigenvalue weighted by Gasteiger charge is 2.40. The van der Waals surface area contributed by atoms with Crippen LogP contribution in [0, 0.1) is 22.7 Å². The summed E-state index contributed by atoms with van der Waals surface area (Å²) in [7, 11) is -7.13. The normalized spacial score (nSPS) is 11.8. The van der Waals surface area contributed by atoms with Crippen LogP contribution in [0.3, 0.4) is 0 Å². The number of nitrogens with zero attached hydrogens (tertiary/aromatic N) is 2. The number of hydrogen-bond acceptors (Lipinski definition) is 8. The zero-order valence-electron chi connectivity index (χ0n) is 19.0. The van der Waals surface area contributed by atoms with Crippen molar-refractivity contribution in [2.45, 2.75) is 22.6 Å². The van der Waals surface area contributed by atoms with Gasteiger partial charge in [0.2, 0.25) is 0 Å². The number of sulfone groups is 2. The molecule has 0 aliphatic heterocycles. The van der Waals surface area contributed by atoms with E-state index in [0.717, 1.165) is 5.30 Å². The number of anilines is 2. The van der Waals surface area contributed by atoms with E-state index in [1.165, 1.54) is 24.3 Å². The van der Waals surface area contributed by atoms with Crippen LogP contribution in [0.1, 0.15) is 12.8 Å². The second-order valence-corrected chi connectivity index (χ2v) is 15.5. The van der Waals surface area contributed by atoms with Crippen molar-refractivity contribution in [3.05, 3.63) is 78.9 Å². The van der Waals surface area contributed by atoms with Crippen LogP contribution < -0.4 is 15.5 Å². The number of rotatable bonds is 11. The van der Waals surface area contributed by atoms with Crippen LogP contribution in [0.2, 0.25) is 0 Å². The third-order valence-electron chi connectivity index (χ3n) is 5.07. The van der Waals surface area contributed by atoms with Gasteiger partial charge in [-0.2, -0.15) is 10.5 Å². The van der Waals surface area contributed by atoms with Gasteiger partial charge in [-0.15, -0.1) is 0 Å². The molecule has 0 aliphatic rings. The largest absolute Gasteiger partial charge is 0.327 e. The molecule has 0 radical (unpaired) electrons. The Labute approximate surface area is 216 Å². The molecule has 0 aliphatic carbocycles. The van der Waals surface area contributed by atoms with Gasteiger partial charge in [0.15, 0.2) is 25.0 Å². The Bertz CT molecular complexity index is 1390. The maximum Gasteiger partial charge on any atom is 0.327 e. The van der Waals surface area contributed by atoms with Crippen LogP contribution in [0.25, 0.3) is 0 Å². The van der Waals surface area contributed by atoms with Gasteiger partial charge in [0.05, 0.1) is 44.8 Å². The number of hydrogen-bond donors (Lipinski definition) is 2. The van der Waals surface area contributed by atoms with E-state index in [0.29, 0.717) is 11.4 Å². The quantitative estimate of drug-likeness (QED) is 0.315. The van der Waals surface area contributed by atoms with E-state index in [1.807, 2.05) is 42.5 Å². The van der Waals surface area contributed by atoms with Gasteiger partial charge in [-0.05, 0) is 60.7 Å². The summed E-state index contributed by atoms with van der Waals surface area (Å²) in [5.41, 5.74) is 1.15. The molecule has 12 heteroatoms. The molecule has 0 saturated heterocycles. The molecule has 0 saturated carbocycles. The van der Waals surface area contributed by atoms with Crippen molar-refractivity contribution in [1.29, 1.82) is 10.5 Å². The monoisotopic (exact) mass is 561 g/mol. The summed E-state index contributed by atoms with van der Waals surface area (Å²) in [6.45, 7) is -2.83. The van der Waals surface area contributed by atoms with Crippen molar-refractivity contribution in [1.82, 2.24) is 0 Å². The van der Waals surface area contributed by atoms with Crippen molar-refractivity contribution in [3.63, 3.8) is 0 Å². The molecule has 0 atom stereocenters. The maximum absolute atomic E-state index is 12.3. The molecule has 0 spiro atoms. The molecule has 0 aromatic heterocycles. The first-order chi connectivity index (χ1) is 17.1. The fourth-order valence-corrected chi connectivity index (χ4v) is 8.34. The second kappa shape index (κ2) is 11.7. The molecule has 3 aromatic carbocycles. The summed E-state index contributed by atoms with van der Waals surface area (Å²) < 4.78 is 49.4. The van der Waals surface area contributed by atoms with Crippen LogP contribution in [-0.2, 0) is 19.7 Å². The molecule has 8 nitrogen and oxygen atoms in total. The number of nitriles is 2. The summed E-state index contributed by atoms with van der Waals surface area (Å²) in [6.07, 6.45) is -0.177. The van der Waals surface area contributed by atoms with Gasteiger partial charge >= 0.3 is 6.92 Å². The first kappa shape index (κ1) is 27.4. The highest BCUT2D eigenvalue weighted by atomic mass is 35.7. The summed E-state index contributed by atoms with van der Waals surface area (Å²) in [5, 5.41) is 24.7. The summed E-state index contributed by atoms with van der Waals surface area (Å²) in [6, 6.07) is 25.2. The molecule has 0 heterocycles. The van der Waals surface area contributed by atoms with Crippen LogP contribution in [0.15, 0.2) is 88.7 Å². The minimum atomic E-state index is -3.56. The lowest BCUT2D eigenvalue weighted by molar-refractivity contribution is 0.594. The van der Waals surface area contributed by atoms with Gasteiger partial charge in [-0.1, -0.05) is 18.2 Å². The molecule has 2 N–H and O–H groups in total. The average molecular weight is 562 g/mol. The SMILES string of the molecule is N#CCCS(=O)(=O)c1ccc(N[P+](Cl)(Nc2ccc(S(=O)(=O)CCC#N)cc2)c2ccccc2)cc1. The van der Waals surface area contributed by atoms with E-state index in [-0.39, 0.29) is 34.1 Å². The lowest BCUT2D eigenvalue weighted by Crippen LogP contribution is -2.20. The van der Waals surface area contributed by atoms with Gasteiger partial charge < -0.3 is 0 Å². The van der Waals surface area contributed by atoms with Crippen LogP contribution in [0.4, 0.5) is 11.4 Å². The van der Waals surface area contributed by atoms with Crippen molar-refractivity contribution >= 4 is 54.5 Å². The van der Waals surface area contributed by atoms with E-state index in [1.54, 1.807) is 24.3 Å². The molecule has 3 aromatic rings. The predicted molar refractivity (Wildman–Crippen MR) is 144 cm³/mol. The standard InChI is InChI=1S/C24H23ClN4O4PS2/c25-34(22-6-2-1-3-7-22,28-20-8-12-23(13-9-20)35(30,31)18-4-16-26)29-21-10-14-24(15-11-21)36(32,33)19-5-17-27/h1-3,6-15,28-29H,4-5,18-19H2/q+1. The molecule has 0 amide bonds. The Morgan fingerprint density at radius 2 is 1.06 bits per heavy atom. The lowest BCUT2D eigenvalue weighted by atomic mass is 10.3. The minimum absolute atomic E-state index is 0.0883. The van der Waals surface area contributed by atoms with Crippen molar-refractivity contribution < 1.29 is 16.8 Å². The summed E-state index contributed by atoms with van der Waals surface area (Å²) in [4.78, 5) is 0.227. The molecule has 3 rings (SSSR count). The Kier molecular flexibility index (Phi) is 8.94. The molecule has 0 fully saturated rings. The minimum Gasteiger partial charge on any atom is -0.224 e. The number of nitrogens with one attached hydrogen (secondary N) is 2. The maximum atomic E-state index is 12.3. The molecule has 0 unspecified atom stereocenters. The fourth-order valence-electron chi connectivity index (χ4n) is 3.22. The average Bonchev–Trinajstić information content (AvgIpc) is 2.87. The van der Waals surface area contributed by atoms with Crippen molar-refractivity contribution in [2.75, 3.05) is 21.7 Å². The third kappa shape index (κ3) is 6.96. The highest BCUT2D eigenvalue weighted by molar-refractivity contribution is 8.06. The number of halogens is 1.